The summed E-state index contributed by atoms with van der Waals surface area (Å²) in [7, 11) is -3.57. The van der Waals surface area contributed by atoms with Crippen LogP contribution in [0.15, 0.2) is 33.7 Å². The Morgan fingerprint density at radius 3 is 2.60 bits per heavy atom. The molecule has 0 unspecified atom stereocenters. The van der Waals surface area contributed by atoms with E-state index < -0.39 is 10.0 Å². The molecule has 7 heteroatoms. The molecule has 1 aromatic carbocycles. The van der Waals surface area contributed by atoms with Crippen LogP contribution in [0, 0.1) is 25.7 Å². The lowest BCUT2D eigenvalue weighted by Crippen LogP contribution is -2.32. The quantitative estimate of drug-likeness (QED) is 0.903. The first kappa shape index (κ1) is 16.8. The molecule has 2 aliphatic rings. The Bertz CT molecular complexity index is 902. The van der Waals surface area contributed by atoms with Crippen LogP contribution >= 0.6 is 0 Å². The van der Waals surface area contributed by atoms with Crippen molar-refractivity contribution in [1.82, 2.24) is 9.46 Å². The maximum Gasteiger partial charge on any atom is 0.243 e. The minimum absolute atomic E-state index is 0.0670. The van der Waals surface area contributed by atoms with Crippen LogP contribution < -0.4 is 5.73 Å². The molecule has 25 heavy (non-hydrogen) atoms. The van der Waals surface area contributed by atoms with Crippen molar-refractivity contribution in [1.29, 1.82) is 0 Å². The highest BCUT2D eigenvalue weighted by molar-refractivity contribution is 7.89. The van der Waals surface area contributed by atoms with Crippen LogP contribution in [0.4, 0.5) is 0 Å². The van der Waals surface area contributed by atoms with Gasteiger partial charge in [-0.05, 0) is 50.2 Å². The average Bonchev–Trinajstić information content (AvgIpc) is 3.19. The molecule has 2 heterocycles. The van der Waals surface area contributed by atoms with Gasteiger partial charge in [-0.1, -0.05) is 17.3 Å². The molecule has 0 bridgehead atoms. The van der Waals surface area contributed by atoms with Gasteiger partial charge in [0.1, 0.15) is 0 Å². The highest BCUT2D eigenvalue weighted by atomic mass is 32.2. The van der Waals surface area contributed by atoms with Crippen molar-refractivity contribution in [3.63, 3.8) is 0 Å². The second-order valence-corrected chi connectivity index (χ2v) is 9.21. The molecular weight excluding hydrogens is 338 g/mol. The molecular formula is C18H23N3O3S. The van der Waals surface area contributed by atoms with Crippen molar-refractivity contribution >= 4 is 10.0 Å². The zero-order valence-electron chi connectivity index (χ0n) is 14.5. The lowest BCUT2D eigenvalue weighted by atomic mass is 9.99. The SMILES string of the molecule is Cc1cc(-c2ccc(C)c(S(=O)(=O)N3C[C@H](C4CC4)[C@@H](N)C3)c2)on1. The van der Waals surface area contributed by atoms with Gasteiger partial charge in [0.15, 0.2) is 5.76 Å². The molecule has 2 fully saturated rings. The van der Waals surface area contributed by atoms with Crippen molar-refractivity contribution in [2.75, 3.05) is 13.1 Å². The van der Waals surface area contributed by atoms with Crippen molar-refractivity contribution < 1.29 is 12.9 Å². The van der Waals surface area contributed by atoms with Gasteiger partial charge in [0.25, 0.3) is 0 Å². The third-order valence-corrected chi connectivity index (χ3v) is 7.30. The maximum absolute atomic E-state index is 13.2. The molecule has 0 radical (unpaired) electrons. The minimum atomic E-state index is -3.57. The minimum Gasteiger partial charge on any atom is -0.356 e. The number of hydrogen-bond acceptors (Lipinski definition) is 5. The van der Waals surface area contributed by atoms with E-state index in [-0.39, 0.29) is 12.0 Å². The van der Waals surface area contributed by atoms with E-state index in [0.717, 1.165) is 11.3 Å². The van der Waals surface area contributed by atoms with Crippen molar-refractivity contribution in [3.05, 3.63) is 35.5 Å². The summed E-state index contributed by atoms with van der Waals surface area (Å²) in [5.41, 5.74) is 8.42. The summed E-state index contributed by atoms with van der Waals surface area (Å²) >= 11 is 0. The summed E-state index contributed by atoms with van der Waals surface area (Å²) in [5.74, 6) is 1.46. The number of sulfonamides is 1. The first-order valence-electron chi connectivity index (χ1n) is 8.66. The number of nitrogens with two attached hydrogens (primary N) is 1. The number of aromatic nitrogens is 1. The Morgan fingerprint density at radius 2 is 1.96 bits per heavy atom. The fourth-order valence-electron chi connectivity index (χ4n) is 3.70. The third kappa shape index (κ3) is 3.01. The van der Waals surface area contributed by atoms with Gasteiger partial charge < -0.3 is 10.3 Å². The predicted molar refractivity (Wildman–Crippen MR) is 94.4 cm³/mol. The highest BCUT2D eigenvalue weighted by Crippen LogP contribution is 2.42. The van der Waals surface area contributed by atoms with Crippen LogP contribution in [0.25, 0.3) is 11.3 Å². The molecule has 1 saturated carbocycles. The standard InChI is InChI=1S/C18H23N3O3S/c1-11-3-4-14(17-7-12(2)20-24-17)8-18(11)25(22,23)21-9-15(13-5-6-13)16(19)10-21/h3-4,7-8,13,15-16H,5-6,9-10,19H2,1-2H3/t15-,16+/m1/s1. The number of hydrogen-bond donors (Lipinski definition) is 1. The van der Waals surface area contributed by atoms with Crippen LogP contribution in [0.3, 0.4) is 0 Å². The molecule has 1 aliphatic carbocycles. The Kier molecular flexibility index (Phi) is 3.97. The Morgan fingerprint density at radius 1 is 1.20 bits per heavy atom. The van der Waals surface area contributed by atoms with Gasteiger partial charge in [0.05, 0.1) is 10.6 Å². The highest BCUT2D eigenvalue weighted by Gasteiger charge is 2.44. The number of benzene rings is 1. The zero-order valence-corrected chi connectivity index (χ0v) is 15.3. The van der Waals surface area contributed by atoms with Gasteiger partial charge in [-0.3, -0.25) is 0 Å². The maximum atomic E-state index is 13.2. The summed E-state index contributed by atoms with van der Waals surface area (Å²) < 4.78 is 33.2. The molecule has 0 spiro atoms. The summed E-state index contributed by atoms with van der Waals surface area (Å²) in [6.07, 6.45) is 2.34. The molecule has 1 aliphatic heterocycles. The average molecular weight is 361 g/mol. The van der Waals surface area contributed by atoms with E-state index in [0.29, 0.717) is 35.2 Å². The molecule has 6 nitrogen and oxygen atoms in total. The lowest BCUT2D eigenvalue weighted by molar-refractivity contribution is 0.426. The first-order valence-corrected chi connectivity index (χ1v) is 10.1. The summed E-state index contributed by atoms with van der Waals surface area (Å²) in [6, 6.07) is 7.09. The normalized spacial score (nSPS) is 24.8. The topological polar surface area (TPSA) is 89.4 Å². The van der Waals surface area contributed by atoms with Crippen LogP contribution in [-0.4, -0.2) is 37.0 Å². The molecule has 1 saturated heterocycles. The predicted octanol–water partition coefficient (Wildman–Crippen LogP) is 2.32. The van der Waals surface area contributed by atoms with Crippen molar-refractivity contribution in [2.45, 2.75) is 37.6 Å². The van der Waals surface area contributed by atoms with E-state index in [2.05, 4.69) is 5.16 Å². The van der Waals surface area contributed by atoms with Crippen LogP contribution in [0.2, 0.25) is 0 Å². The lowest BCUT2D eigenvalue weighted by Gasteiger charge is -2.18. The monoisotopic (exact) mass is 361 g/mol. The Labute approximate surface area is 148 Å². The van der Waals surface area contributed by atoms with Gasteiger partial charge in [0.2, 0.25) is 10.0 Å². The Balaban J connectivity index is 1.68. The van der Waals surface area contributed by atoms with Crippen LogP contribution in [-0.2, 0) is 10.0 Å². The fraction of sp³-hybridized carbons (Fsp3) is 0.500. The van der Waals surface area contributed by atoms with Crippen LogP contribution in [0.5, 0.6) is 0 Å². The van der Waals surface area contributed by atoms with E-state index in [1.807, 2.05) is 26.0 Å². The molecule has 1 aromatic heterocycles. The largest absolute Gasteiger partial charge is 0.356 e. The third-order valence-electron chi connectivity index (χ3n) is 5.32. The van der Waals surface area contributed by atoms with Gasteiger partial charge in [-0.25, -0.2) is 8.42 Å². The van der Waals surface area contributed by atoms with E-state index in [1.54, 1.807) is 16.4 Å². The number of rotatable bonds is 4. The summed E-state index contributed by atoms with van der Waals surface area (Å²) in [4.78, 5) is 0.322. The molecule has 2 aromatic rings. The molecule has 0 amide bonds. The summed E-state index contributed by atoms with van der Waals surface area (Å²) in [5, 5.41) is 3.88. The van der Waals surface area contributed by atoms with E-state index in [1.165, 1.54) is 12.8 Å². The second-order valence-electron chi connectivity index (χ2n) is 7.30. The Hall–Kier alpha value is -1.70. The zero-order chi connectivity index (χ0) is 17.8. The second kappa shape index (κ2) is 5.93. The van der Waals surface area contributed by atoms with E-state index in [9.17, 15) is 8.42 Å². The number of nitrogens with zero attached hydrogens (tertiary/aromatic N) is 2. The van der Waals surface area contributed by atoms with Crippen molar-refractivity contribution in [2.24, 2.45) is 17.6 Å². The van der Waals surface area contributed by atoms with Crippen LogP contribution in [0.1, 0.15) is 24.1 Å². The van der Waals surface area contributed by atoms with E-state index >= 15 is 0 Å². The van der Waals surface area contributed by atoms with Gasteiger partial charge in [0, 0.05) is 30.8 Å². The van der Waals surface area contributed by atoms with Gasteiger partial charge >= 0.3 is 0 Å². The molecule has 2 N–H and O–H groups in total. The molecule has 134 valence electrons. The fourth-order valence-corrected chi connectivity index (χ4v) is 5.47. The van der Waals surface area contributed by atoms with E-state index in [4.69, 9.17) is 10.3 Å². The van der Waals surface area contributed by atoms with Gasteiger partial charge in [-0.2, -0.15) is 4.31 Å². The summed E-state index contributed by atoms with van der Waals surface area (Å²) in [6.45, 7) is 4.58. The smallest absolute Gasteiger partial charge is 0.243 e. The van der Waals surface area contributed by atoms with Crippen molar-refractivity contribution in [3.8, 4) is 11.3 Å². The molecule has 4 rings (SSSR count). The van der Waals surface area contributed by atoms with Gasteiger partial charge in [-0.15, -0.1) is 0 Å². The first-order chi connectivity index (χ1) is 11.9. The molecule has 2 atom stereocenters. The number of aryl methyl sites for hydroxylation is 2.